The molecule has 3 rings (SSSR count). The van der Waals surface area contributed by atoms with E-state index in [2.05, 4.69) is 5.32 Å². The number of amides is 2. The summed E-state index contributed by atoms with van der Waals surface area (Å²) >= 11 is 0. The van der Waals surface area contributed by atoms with Gasteiger partial charge in [0, 0.05) is 18.5 Å². The first-order chi connectivity index (χ1) is 9.25. The highest BCUT2D eigenvalue weighted by Crippen LogP contribution is 2.29. The smallest absolute Gasteiger partial charge is 0.243 e. The lowest BCUT2D eigenvalue weighted by Gasteiger charge is -2.30. The SMILES string of the molecule is O=C(NC1CC1)C1CCCN1C(=O)C1CCCCC1. The summed E-state index contributed by atoms with van der Waals surface area (Å²) in [5.74, 6) is 0.514. The molecular formula is C15H24N2O2. The third-order valence-corrected chi connectivity index (χ3v) is 4.72. The molecule has 0 aromatic carbocycles. The highest BCUT2D eigenvalue weighted by molar-refractivity contribution is 5.89. The topological polar surface area (TPSA) is 49.4 Å². The molecule has 4 nitrogen and oxygen atoms in total. The summed E-state index contributed by atoms with van der Waals surface area (Å²) in [6.07, 6.45) is 9.67. The Balaban J connectivity index is 1.60. The Labute approximate surface area is 114 Å². The fourth-order valence-corrected chi connectivity index (χ4v) is 3.41. The van der Waals surface area contributed by atoms with Crippen LogP contribution < -0.4 is 5.32 Å². The number of hydrogen-bond acceptors (Lipinski definition) is 2. The highest BCUT2D eigenvalue weighted by Gasteiger charge is 2.38. The number of rotatable bonds is 3. The molecular weight excluding hydrogens is 240 g/mol. The van der Waals surface area contributed by atoms with Crippen LogP contribution in [0.4, 0.5) is 0 Å². The van der Waals surface area contributed by atoms with Gasteiger partial charge < -0.3 is 10.2 Å². The van der Waals surface area contributed by atoms with E-state index < -0.39 is 0 Å². The lowest BCUT2D eigenvalue weighted by Crippen LogP contribution is -2.48. The van der Waals surface area contributed by atoms with Gasteiger partial charge in [-0.3, -0.25) is 9.59 Å². The molecule has 19 heavy (non-hydrogen) atoms. The number of hydrogen-bond donors (Lipinski definition) is 1. The minimum atomic E-state index is -0.185. The molecule has 0 aromatic heterocycles. The summed E-state index contributed by atoms with van der Waals surface area (Å²) in [6, 6.07) is 0.203. The predicted octanol–water partition coefficient (Wildman–Crippen LogP) is 1.84. The van der Waals surface area contributed by atoms with Crippen molar-refractivity contribution in [3.05, 3.63) is 0 Å². The zero-order valence-corrected chi connectivity index (χ0v) is 11.6. The number of carbonyl (C=O) groups is 2. The Bertz CT molecular complexity index is 359. The van der Waals surface area contributed by atoms with E-state index >= 15 is 0 Å². The average Bonchev–Trinajstić information content (AvgIpc) is 3.11. The molecule has 2 saturated carbocycles. The minimum Gasteiger partial charge on any atom is -0.352 e. The van der Waals surface area contributed by atoms with Crippen molar-refractivity contribution in [1.29, 1.82) is 0 Å². The Morgan fingerprint density at radius 1 is 0.895 bits per heavy atom. The molecule has 0 bridgehead atoms. The molecule has 1 saturated heterocycles. The van der Waals surface area contributed by atoms with Crippen molar-refractivity contribution in [2.75, 3.05) is 6.54 Å². The van der Waals surface area contributed by atoms with E-state index in [0.717, 1.165) is 45.1 Å². The van der Waals surface area contributed by atoms with Gasteiger partial charge in [0.25, 0.3) is 0 Å². The summed E-state index contributed by atoms with van der Waals surface area (Å²) in [5.41, 5.74) is 0. The average molecular weight is 264 g/mol. The molecule has 0 radical (unpaired) electrons. The summed E-state index contributed by atoms with van der Waals surface area (Å²) in [6.45, 7) is 0.776. The third kappa shape index (κ3) is 2.93. The lowest BCUT2D eigenvalue weighted by atomic mass is 9.88. The minimum absolute atomic E-state index is 0.0872. The van der Waals surface area contributed by atoms with Gasteiger partial charge in [-0.2, -0.15) is 0 Å². The summed E-state index contributed by atoms with van der Waals surface area (Å²) in [5, 5.41) is 3.05. The van der Waals surface area contributed by atoms with Crippen LogP contribution in [0.25, 0.3) is 0 Å². The molecule has 0 spiro atoms. The first kappa shape index (κ1) is 12.9. The Morgan fingerprint density at radius 2 is 1.63 bits per heavy atom. The van der Waals surface area contributed by atoms with Gasteiger partial charge in [0.2, 0.25) is 11.8 Å². The molecule has 4 heteroatoms. The molecule has 1 unspecified atom stereocenters. The van der Waals surface area contributed by atoms with Crippen LogP contribution in [0.5, 0.6) is 0 Å². The van der Waals surface area contributed by atoms with Crippen LogP contribution in [0.3, 0.4) is 0 Å². The lowest BCUT2D eigenvalue weighted by molar-refractivity contribution is -0.142. The van der Waals surface area contributed by atoms with E-state index in [9.17, 15) is 9.59 Å². The molecule has 1 heterocycles. The quantitative estimate of drug-likeness (QED) is 0.845. The van der Waals surface area contributed by atoms with Gasteiger partial charge in [-0.05, 0) is 38.5 Å². The number of nitrogens with one attached hydrogen (secondary N) is 1. The molecule has 3 aliphatic rings. The van der Waals surface area contributed by atoms with Gasteiger partial charge in [-0.1, -0.05) is 19.3 Å². The van der Waals surface area contributed by atoms with E-state index in [-0.39, 0.29) is 23.8 Å². The van der Waals surface area contributed by atoms with Gasteiger partial charge in [0.05, 0.1) is 0 Å². The maximum Gasteiger partial charge on any atom is 0.243 e. The zero-order chi connectivity index (χ0) is 13.2. The largest absolute Gasteiger partial charge is 0.352 e. The molecule has 106 valence electrons. The second kappa shape index (κ2) is 5.51. The highest BCUT2D eigenvalue weighted by atomic mass is 16.2. The van der Waals surface area contributed by atoms with Crippen molar-refractivity contribution in [2.45, 2.75) is 69.9 Å². The Kier molecular flexibility index (Phi) is 3.76. The number of nitrogens with zero attached hydrogens (tertiary/aromatic N) is 1. The standard InChI is InChI=1S/C15H24N2O2/c18-14(16-12-8-9-12)13-7-4-10-17(13)15(19)11-5-2-1-3-6-11/h11-13H,1-10H2,(H,16,18). The second-order valence-electron chi connectivity index (χ2n) is 6.31. The molecule has 2 aliphatic carbocycles. The van der Waals surface area contributed by atoms with Crippen molar-refractivity contribution < 1.29 is 9.59 Å². The van der Waals surface area contributed by atoms with Crippen LogP contribution in [0, 0.1) is 5.92 Å². The van der Waals surface area contributed by atoms with Gasteiger partial charge in [-0.15, -0.1) is 0 Å². The predicted molar refractivity (Wildman–Crippen MR) is 72.5 cm³/mol. The van der Waals surface area contributed by atoms with Crippen molar-refractivity contribution in [1.82, 2.24) is 10.2 Å². The van der Waals surface area contributed by atoms with Crippen molar-refractivity contribution in [3.8, 4) is 0 Å². The third-order valence-electron chi connectivity index (χ3n) is 4.72. The van der Waals surface area contributed by atoms with Crippen LogP contribution >= 0.6 is 0 Å². The van der Waals surface area contributed by atoms with E-state index in [4.69, 9.17) is 0 Å². The second-order valence-corrected chi connectivity index (χ2v) is 6.31. The fraction of sp³-hybridized carbons (Fsp3) is 0.867. The van der Waals surface area contributed by atoms with Gasteiger partial charge >= 0.3 is 0 Å². The van der Waals surface area contributed by atoms with Gasteiger partial charge in [0.15, 0.2) is 0 Å². The van der Waals surface area contributed by atoms with Crippen molar-refractivity contribution in [3.63, 3.8) is 0 Å². The molecule has 1 atom stereocenters. The molecule has 1 N–H and O–H groups in total. The summed E-state index contributed by atoms with van der Waals surface area (Å²) < 4.78 is 0. The molecule has 1 aliphatic heterocycles. The Morgan fingerprint density at radius 3 is 2.32 bits per heavy atom. The van der Waals surface area contributed by atoms with Crippen LogP contribution in [0.1, 0.15) is 57.8 Å². The van der Waals surface area contributed by atoms with Crippen LogP contribution in [-0.4, -0.2) is 35.3 Å². The fourth-order valence-electron chi connectivity index (χ4n) is 3.41. The molecule has 3 fully saturated rings. The van der Waals surface area contributed by atoms with E-state index in [1.807, 2.05) is 4.90 Å². The van der Waals surface area contributed by atoms with Crippen molar-refractivity contribution >= 4 is 11.8 Å². The van der Waals surface area contributed by atoms with E-state index in [1.165, 1.54) is 19.3 Å². The van der Waals surface area contributed by atoms with Crippen LogP contribution in [0.2, 0.25) is 0 Å². The van der Waals surface area contributed by atoms with E-state index in [0.29, 0.717) is 6.04 Å². The summed E-state index contributed by atoms with van der Waals surface area (Å²) in [7, 11) is 0. The Hall–Kier alpha value is -1.06. The van der Waals surface area contributed by atoms with E-state index in [1.54, 1.807) is 0 Å². The van der Waals surface area contributed by atoms with Crippen molar-refractivity contribution in [2.24, 2.45) is 5.92 Å². The van der Waals surface area contributed by atoms with Gasteiger partial charge in [0.1, 0.15) is 6.04 Å². The first-order valence-corrected chi connectivity index (χ1v) is 7.86. The molecule has 0 aromatic rings. The number of carbonyl (C=O) groups excluding carboxylic acids is 2. The monoisotopic (exact) mass is 264 g/mol. The first-order valence-electron chi connectivity index (χ1n) is 7.86. The van der Waals surface area contributed by atoms with Crippen LogP contribution in [0.15, 0.2) is 0 Å². The van der Waals surface area contributed by atoms with Gasteiger partial charge in [-0.25, -0.2) is 0 Å². The molecule has 2 amide bonds. The summed E-state index contributed by atoms with van der Waals surface area (Å²) in [4.78, 5) is 26.6. The van der Waals surface area contributed by atoms with Crippen LogP contribution in [-0.2, 0) is 9.59 Å². The maximum atomic E-state index is 12.6. The zero-order valence-electron chi connectivity index (χ0n) is 11.6. The maximum absolute atomic E-state index is 12.6. The normalized spacial score (nSPS) is 28.4. The number of likely N-dealkylation sites (tertiary alicyclic amines) is 1.